The van der Waals surface area contributed by atoms with Gasteiger partial charge in [-0.2, -0.15) is 24.5 Å². The van der Waals surface area contributed by atoms with Crippen LogP contribution in [-0.2, 0) is 9.59 Å². The van der Waals surface area contributed by atoms with E-state index in [1.54, 1.807) is 11.3 Å². The van der Waals surface area contributed by atoms with Gasteiger partial charge in [-0.15, -0.1) is 0 Å². The van der Waals surface area contributed by atoms with E-state index in [-0.39, 0.29) is 0 Å². The van der Waals surface area contributed by atoms with E-state index in [0.29, 0.717) is 11.8 Å². The maximum atomic E-state index is 12.2. The van der Waals surface area contributed by atoms with Crippen LogP contribution in [-0.4, -0.2) is 68.6 Å². The van der Waals surface area contributed by atoms with Gasteiger partial charge < -0.3 is 14.9 Å². The number of halogens is 3. The molecule has 12 heteroatoms. The van der Waals surface area contributed by atoms with E-state index in [0.717, 1.165) is 56.2 Å². The van der Waals surface area contributed by atoms with Crippen LogP contribution in [0.15, 0.2) is 35.4 Å². The van der Waals surface area contributed by atoms with Crippen LogP contribution >= 0.6 is 11.3 Å². The quantitative estimate of drug-likeness (QED) is 0.637. The number of amides is 1. The van der Waals surface area contributed by atoms with Crippen molar-refractivity contribution >= 4 is 34.7 Å². The normalized spacial score (nSPS) is 16.6. The van der Waals surface area contributed by atoms with Crippen LogP contribution in [0.3, 0.4) is 0 Å². The van der Waals surface area contributed by atoms with E-state index in [9.17, 15) is 18.0 Å². The highest BCUT2D eigenvalue weighted by atomic mass is 32.1. The van der Waals surface area contributed by atoms with Gasteiger partial charge in [0.05, 0.1) is 11.9 Å². The summed E-state index contributed by atoms with van der Waals surface area (Å²) in [5.41, 5.74) is 3.14. The summed E-state index contributed by atoms with van der Waals surface area (Å²) < 4.78 is 33.8. The van der Waals surface area contributed by atoms with Crippen molar-refractivity contribution in [2.24, 2.45) is 5.92 Å². The number of piperazine rings is 1. The molecule has 0 unspecified atom stereocenters. The molecule has 0 atom stereocenters. The fourth-order valence-corrected chi connectivity index (χ4v) is 4.13. The van der Waals surface area contributed by atoms with E-state index in [1.807, 2.05) is 23.5 Å². The van der Waals surface area contributed by atoms with E-state index < -0.39 is 12.1 Å². The Labute approximate surface area is 184 Å². The maximum absolute atomic E-state index is 12.2. The van der Waals surface area contributed by atoms with Crippen molar-refractivity contribution in [3.05, 3.63) is 35.4 Å². The minimum Gasteiger partial charge on any atom is -0.475 e. The standard InChI is InChI=1S/C18H19N5OS.C2HF3O2/c24-18(13-1-2-13)22-8-6-21(7-9-22)16-17-20-11-15(14-3-10-25-12-14)23(17)5-4-19-16;3-2(4,5)1(6)7/h3-5,10-13H,1-2,6-9H2;(H,6,7). The molecule has 1 saturated heterocycles. The van der Waals surface area contributed by atoms with Gasteiger partial charge in [0.15, 0.2) is 11.5 Å². The Morgan fingerprint density at radius 2 is 1.81 bits per heavy atom. The van der Waals surface area contributed by atoms with Crippen LogP contribution in [0.5, 0.6) is 0 Å². The van der Waals surface area contributed by atoms with E-state index in [2.05, 4.69) is 36.1 Å². The number of fused-ring (bicyclic) bond motifs is 1. The first-order valence-corrected chi connectivity index (χ1v) is 10.9. The Hall–Kier alpha value is -3.15. The first kappa shape index (κ1) is 22.1. The fourth-order valence-electron chi connectivity index (χ4n) is 3.48. The number of carbonyl (C=O) groups excluding carboxylic acids is 1. The van der Waals surface area contributed by atoms with Crippen molar-refractivity contribution in [1.29, 1.82) is 0 Å². The molecule has 1 aliphatic carbocycles. The van der Waals surface area contributed by atoms with Crippen molar-refractivity contribution in [2.75, 3.05) is 31.1 Å². The van der Waals surface area contributed by atoms with Gasteiger partial charge in [-0.1, -0.05) is 0 Å². The van der Waals surface area contributed by atoms with Crippen molar-refractivity contribution in [3.8, 4) is 11.3 Å². The van der Waals surface area contributed by atoms with Gasteiger partial charge in [0.1, 0.15) is 0 Å². The molecular formula is C20H20F3N5O3S. The summed E-state index contributed by atoms with van der Waals surface area (Å²) in [5, 5.41) is 11.3. The smallest absolute Gasteiger partial charge is 0.475 e. The molecule has 1 amide bonds. The topological polar surface area (TPSA) is 91.0 Å². The number of carbonyl (C=O) groups is 2. The number of anilines is 1. The first-order chi connectivity index (χ1) is 15.3. The molecular weight excluding hydrogens is 447 g/mol. The average Bonchev–Trinajstić information content (AvgIpc) is 3.30. The lowest BCUT2D eigenvalue weighted by molar-refractivity contribution is -0.192. The second-order valence-corrected chi connectivity index (χ2v) is 8.27. The molecule has 0 bridgehead atoms. The number of nitrogens with zero attached hydrogens (tertiary/aromatic N) is 5. The minimum absolute atomic E-state index is 0.300. The number of aromatic nitrogens is 3. The molecule has 2 aliphatic rings. The van der Waals surface area contributed by atoms with Gasteiger partial charge in [0, 0.05) is 55.4 Å². The van der Waals surface area contributed by atoms with Crippen molar-refractivity contribution in [3.63, 3.8) is 0 Å². The van der Waals surface area contributed by atoms with Gasteiger partial charge >= 0.3 is 12.1 Å². The molecule has 1 aliphatic heterocycles. The Bertz CT molecular complexity index is 1100. The molecule has 0 spiro atoms. The molecule has 0 aromatic carbocycles. The molecule has 4 heterocycles. The summed E-state index contributed by atoms with van der Waals surface area (Å²) in [5.74, 6) is -1.21. The summed E-state index contributed by atoms with van der Waals surface area (Å²) in [4.78, 5) is 34.6. The summed E-state index contributed by atoms with van der Waals surface area (Å²) in [6, 6.07) is 2.11. The first-order valence-electron chi connectivity index (χ1n) is 9.94. The Morgan fingerprint density at radius 3 is 2.38 bits per heavy atom. The van der Waals surface area contributed by atoms with E-state index in [1.165, 1.54) is 5.56 Å². The third-order valence-corrected chi connectivity index (χ3v) is 5.97. The lowest BCUT2D eigenvalue weighted by Gasteiger charge is -2.35. The van der Waals surface area contributed by atoms with Crippen LogP contribution in [0.1, 0.15) is 12.8 Å². The van der Waals surface area contributed by atoms with Crippen LogP contribution in [0, 0.1) is 5.92 Å². The largest absolute Gasteiger partial charge is 0.490 e. The molecule has 3 aromatic rings. The van der Waals surface area contributed by atoms with E-state index >= 15 is 0 Å². The Balaban J connectivity index is 0.000000307. The Kier molecular flexibility index (Phi) is 6.04. The molecule has 0 radical (unpaired) electrons. The third-order valence-electron chi connectivity index (χ3n) is 5.29. The number of hydrogen-bond acceptors (Lipinski definition) is 6. The maximum Gasteiger partial charge on any atom is 0.490 e. The van der Waals surface area contributed by atoms with Gasteiger partial charge in [0.2, 0.25) is 5.91 Å². The SMILES string of the molecule is O=C(C1CC1)N1CCN(c2nccn3c(-c4ccsc4)cnc23)CC1.O=C(O)C(F)(F)F. The van der Waals surface area contributed by atoms with Gasteiger partial charge in [-0.3, -0.25) is 9.20 Å². The highest BCUT2D eigenvalue weighted by Gasteiger charge is 2.38. The fraction of sp³-hybridized carbons (Fsp3) is 0.400. The molecule has 2 fully saturated rings. The predicted molar refractivity (Wildman–Crippen MR) is 112 cm³/mol. The average molecular weight is 467 g/mol. The van der Waals surface area contributed by atoms with Gasteiger partial charge in [-0.05, 0) is 24.3 Å². The van der Waals surface area contributed by atoms with Gasteiger partial charge in [-0.25, -0.2) is 14.8 Å². The van der Waals surface area contributed by atoms with Crippen LogP contribution in [0.25, 0.3) is 16.9 Å². The molecule has 32 heavy (non-hydrogen) atoms. The van der Waals surface area contributed by atoms with Crippen molar-refractivity contribution < 1.29 is 27.9 Å². The number of thiophene rings is 1. The highest BCUT2D eigenvalue weighted by Crippen LogP contribution is 2.32. The van der Waals surface area contributed by atoms with Gasteiger partial charge in [0.25, 0.3) is 0 Å². The zero-order valence-corrected chi connectivity index (χ0v) is 17.6. The van der Waals surface area contributed by atoms with Crippen LogP contribution < -0.4 is 4.90 Å². The number of carboxylic acids is 1. The molecule has 1 saturated carbocycles. The van der Waals surface area contributed by atoms with Crippen molar-refractivity contribution in [1.82, 2.24) is 19.3 Å². The summed E-state index contributed by atoms with van der Waals surface area (Å²) in [6.07, 6.45) is 2.77. The highest BCUT2D eigenvalue weighted by molar-refractivity contribution is 7.08. The molecule has 170 valence electrons. The second-order valence-electron chi connectivity index (χ2n) is 7.49. The number of alkyl halides is 3. The monoisotopic (exact) mass is 467 g/mol. The number of hydrogen-bond donors (Lipinski definition) is 1. The minimum atomic E-state index is -5.08. The molecule has 5 rings (SSSR count). The number of carboxylic acid groups (broad SMARTS) is 1. The summed E-state index contributed by atoms with van der Waals surface area (Å²) >= 11 is 1.68. The summed E-state index contributed by atoms with van der Waals surface area (Å²) in [6.45, 7) is 3.17. The summed E-state index contributed by atoms with van der Waals surface area (Å²) in [7, 11) is 0. The molecule has 1 N–H and O–H groups in total. The molecule has 8 nitrogen and oxygen atoms in total. The zero-order valence-electron chi connectivity index (χ0n) is 16.8. The molecule has 3 aromatic heterocycles. The number of rotatable bonds is 3. The zero-order chi connectivity index (χ0) is 22.9. The Morgan fingerprint density at radius 1 is 1.12 bits per heavy atom. The number of aliphatic carboxylic acids is 1. The van der Waals surface area contributed by atoms with E-state index in [4.69, 9.17) is 9.90 Å². The van der Waals surface area contributed by atoms with Crippen molar-refractivity contribution in [2.45, 2.75) is 19.0 Å². The van der Waals surface area contributed by atoms with Crippen LogP contribution in [0.2, 0.25) is 0 Å². The lowest BCUT2D eigenvalue weighted by atomic mass is 10.2. The van der Waals surface area contributed by atoms with Crippen LogP contribution in [0.4, 0.5) is 19.0 Å². The second kappa shape index (κ2) is 8.77. The lowest BCUT2D eigenvalue weighted by Crippen LogP contribution is -2.49. The predicted octanol–water partition coefficient (Wildman–Crippen LogP) is 3.15. The number of imidazole rings is 1. The third kappa shape index (κ3) is 4.69.